The molecule has 0 unspecified atom stereocenters. The molecule has 22 heavy (non-hydrogen) atoms. The van der Waals surface area contributed by atoms with Gasteiger partial charge in [-0.3, -0.25) is 4.79 Å². The number of rotatable bonds is 3. The van der Waals surface area contributed by atoms with Crippen molar-refractivity contribution in [2.24, 2.45) is 5.92 Å². The minimum atomic E-state index is -0.567. The van der Waals surface area contributed by atoms with E-state index >= 15 is 0 Å². The van der Waals surface area contributed by atoms with Gasteiger partial charge in [-0.15, -0.1) is 0 Å². The van der Waals surface area contributed by atoms with Crippen molar-refractivity contribution in [3.05, 3.63) is 35.9 Å². The van der Waals surface area contributed by atoms with Gasteiger partial charge in [-0.1, -0.05) is 43.2 Å². The van der Waals surface area contributed by atoms with Gasteiger partial charge in [0.05, 0.1) is 12.6 Å². The Morgan fingerprint density at radius 1 is 1.32 bits per heavy atom. The Bertz CT molecular complexity index is 560. The number of methoxy groups -OCH3 is 1. The summed E-state index contributed by atoms with van der Waals surface area (Å²) in [5.74, 6) is 0.498. The summed E-state index contributed by atoms with van der Waals surface area (Å²) in [6.07, 6.45) is 3.98. The standard InChI is InChI=1S/C17H22N2O3/c1-22-16(21)18-11-15(20)19-12-14-9-5-6-10-17(14,19)13-7-3-2-4-8-13/h2-4,7-8,14H,5-6,9-12H2,1H3,(H,18,21)/t14-,17-/m0/s1. The predicted octanol–water partition coefficient (Wildman–Crippen LogP) is 2.27. The smallest absolute Gasteiger partial charge is 0.407 e. The topological polar surface area (TPSA) is 58.6 Å². The number of fused-ring (bicyclic) bond motifs is 1. The highest BCUT2D eigenvalue weighted by Crippen LogP contribution is 2.53. The van der Waals surface area contributed by atoms with E-state index in [2.05, 4.69) is 22.2 Å². The van der Waals surface area contributed by atoms with Crippen molar-refractivity contribution >= 4 is 12.0 Å². The van der Waals surface area contributed by atoms with Gasteiger partial charge < -0.3 is 15.0 Å². The molecular formula is C17H22N2O3. The maximum absolute atomic E-state index is 12.5. The number of hydrogen-bond donors (Lipinski definition) is 1. The number of carbonyl (C=O) groups excluding carboxylic acids is 2. The van der Waals surface area contributed by atoms with Gasteiger partial charge in [0.1, 0.15) is 6.54 Å². The molecule has 2 atom stereocenters. The highest BCUT2D eigenvalue weighted by atomic mass is 16.5. The zero-order valence-corrected chi connectivity index (χ0v) is 12.9. The first-order valence-corrected chi connectivity index (χ1v) is 7.86. The summed E-state index contributed by atoms with van der Waals surface area (Å²) in [5, 5.41) is 2.49. The first kappa shape index (κ1) is 14.9. The van der Waals surface area contributed by atoms with Crippen LogP contribution < -0.4 is 5.32 Å². The average Bonchev–Trinajstić information content (AvgIpc) is 2.54. The lowest BCUT2D eigenvalue weighted by atomic mass is 9.61. The van der Waals surface area contributed by atoms with Crippen LogP contribution in [0.1, 0.15) is 31.2 Å². The fourth-order valence-corrected chi connectivity index (χ4v) is 4.00. The number of amides is 2. The summed E-state index contributed by atoms with van der Waals surface area (Å²) < 4.78 is 4.53. The van der Waals surface area contributed by atoms with Crippen molar-refractivity contribution in [1.29, 1.82) is 0 Å². The first-order chi connectivity index (χ1) is 10.7. The largest absolute Gasteiger partial charge is 0.453 e. The second-order valence-corrected chi connectivity index (χ2v) is 6.08. The van der Waals surface area contributed by atoms with Gasteiger partial charge in [0.25, 0.3) is 0 Å². The third-order valence-electron chi connectivity index (χ3n) is 5.06. The van der Waals surface area contributed by atoms with Crippen molar-refractivity contribution in [1.82, 2.24) is 10.2 Å². The van der Waals surface area contributed by atoms with Crippen LogP contribution in [0.4, 0.5) is 4.79 Å². The van der Waals surface area contributed by atoms with Crippen LogP contribution in [0.3, 0.4) is 0 Å². The van der Waals surface area contributed by atoms with E-state index < -0.39 is 6.09 Å². The molecule has 1 aromatic carbocycles. The minimum absolute atomic E-state index is 0.00598. The Morgan fingerprint density at radius 2 is 2.09 bits per heavy atom. The summed E-state index contributed by atoms with van der Waals surface area (Å²) in [6.45, 7) is 0.782. The number of hydrogen-bond acceptors (Lipinski definition) is 3. The molecule has 1 aliphatic heterocycles. The molecule has 1 aromatic rings. The molecule has 118 valence electrons. The van der Waals surface area contributed by atoms with Gasteiger partial charge in [0.15, 0.2) is 0 Å². The van der Waals surface area contributed by atoms with Crippen molar-refractivity contribution in [3.63, 3.8) is 0 Å². The highest BCUT2D eigenvalue weighted by molar-refractivity contribution is 5.84. The van der Waals surface area contributed by atoms with Crippen molar-refractivity contribution in [2.75, 3.05) is 20.2 Å². The zero-order chi connectivity index (χ0) is 15.6. The third kappa shape index (κ3) is 2.34. The fraction of sp³-hybridized carbons (Fsp3) is 0.529. The molecule has 1 saturated heterocycles. The molecule has 2 amide bonds. The molecular weight excluding hydrogens is 280 g/mol. The normalized spacial score (nSPS) is 26.6. The second-order valence-electron chi connectivity index (χ2n) is 6.08. The molecule has 2 aliphatic rings. The van der Waals surface area contributed by atoms with Crippen molar-refractivity contribution < 1.29 is 14.3 Å². The number of nitrogens with one attached hydrogen (secondary N) is 1. The maximum Gasteiger partial charge on any atom is 0.407 e. The van der Waals surface area contributed by atoms with Crippen molar-refractivity contribution in [3.8, 4) is 0 Å². The van der Waals surface area contributed by atoms with E-state index in [0.29, 0.717) is 5.92 Å². The monoisotopic (exact) mass is 302 g/mol. The molecule has 1 N–H and O–H groups in total. The van der Waals surface area contributed by atoms with E-state index in [1.807, 2.05) is 23.1 Å². The first-order valence-electron chi connectivity index (χ1n) is 7.86. The molecule has 0 spiro atoms. The number of alkyl carbamates (subject to hydrolysis) is 1. The van der Waals surface area contributed by atoms with Gasteiger partial charge in [0.2, 0.25) is 5.91 Å². The predicted molar refractivity (Wildman–Crippen MR) is 82.2 cm³/mol. The molecule has 3 rings (SSSR count). The summed E-state index contributed by atoms with van der Waals surface area (Å²) in [6, 6.07) is 10.3. The summed E-state index contributed by atoms with van der Waals surface area (Å²) in [5.41, 5.74) is 1.05. The molecule has 1 saturated carbocycles. The second kappa shape index (κ2) is 5.99. The van der Waals surface area contributed by atoms with E-state index in [0.717, 1.165) is 19.4 Å². The molecule has 1 aliphatic carbocycles. The van der Waals surface area contributed by atoms with E-state index in [9.17, 15) is 9.59 Å². The Hall–Kier alpha value is -2.04. The molecule has 0 radical (unpaired) electrons. The van der Waals surface area contributed by atoms with Crippen LogP contribution in [0.15, 0.2) is 30.3 Å². The lowest BCUT2D eigenvalue weighted by Crippen LogP contribution is -2.68. The molecule has 0 aromatic heterocycles. The van der Waals surface area contributed by atoms with Gasteiger partial charge in [-0.05, 0) is 18.4 Å². The van der Waals surface area contributed by atoms with Crippen LogP contribution in [0.2, 0.25) is 0 Å². The van der Waals surface area contributed by atoms with E-state index in [4.69, 9.17) is 0 Å². The van der Waals surface area contributed by atoms with Gasteiger partial charge in [-0.2, -0.15) is 0 Å². The fourth-order valence-electron chi connectivity index (χ4n) is 4.00. The molecule has 2 fully saturated rings. The van der Waals surface area contributed by atoms with Crippen LogP contribution in [-0.4, -0.2) is 37.1 Å². The van der Waals surface area contributed by atoms with E-state index in [1.165, 1.54) is 25.5 Å². The summed E-state index contributed by atoms with van der Waals surface area (Å²) >= 11 is 0. The van der Waals surface area contributed by atoms with Gasteiger partial charge >= 0.3 is 6.09 Å². The Labute approximate surface area is 130 Å². The number of likely N-dealkylation sites (tertiary alicyclic amines) is 1. The molecule has 5 heteroatoms. The summed E-state index contributed by atoms with van der Waals surface area (Å²) in [4.78, 5) is 25.7. The lowest BCUT2D eigenvalue weighted by molar-refractivity contribution is -0.165. The number of benzene rings is 1. The average molecular weight is 302 g/mol. The van der Waals surface area contributed by atoms with Crippen LogP contribution in [-0.2, 0) is 15.1 Å². The Kier molecular flexibility index (Phi) is 4.05. The van der Waals surface area contributed by atoms with Gasteiger partial charge in [-0.25, -0.2) is 4.79 Å². The molecule has 1 heterocycles. The lowest BCUT2D eigenvalue weighted by Gasteiger charge is -2.61. The van der Waals surface area contributed by atoms with E-state index in [-0.39, 0.29) is 18.0 Å². The van der Waals surface area contributed by atoms with E-state index in [1.54, 1.807) is 0 Å². The summed E-state index contributed by atoms with van der Waals surface area (Å²) in [7, 11) is 1.30. The SMILES string of the molecule is COC(=O)NCC(=O)N1C[C@@H]2CCCC[C@]21c1ccccc1. The molecule has 5 nitrogen and oxygen atoms in total. The highest BCUT2D eigenvalue weighted by Gasteiger charge is 2.56. The minimum Gasteiger partial charge on any atom is -0.453 e. The quantitative estimate of drug-likeness (QED) is 0.932. The van der Waals surface area contributed by atoms with Gasteiger partial charge in [0, 0.05) is 12.5 Å². The van der Waals surface area contributed by atoms with Crippen LogP contribution in [0, 0.1) is 5.92 Å². The van der Waals surface area contributed by atoms with Crippen LogP contribution in [0.25, 0.3) is 0 Å². The third-order valence-corrected chi connectivity index (χ3v) is 5.06. The maximum atomic E-state index is 12.5. The zero-order valence-electron chi connectivity index (χ0n) is 12.9. The number of carbonyl (C=O) groups is 2. The van der Waals surface area contributed by atoms with Crippen LogP contribution in [0.5, 0.6) is 0 Å². The Balaban J connectivity index is 1.80. The number of ether oxygens (including phenoxy) is 1. The van der Waals surface area contributed by atoms with Crippen molar-refractivity contribution in [2.45, 2.75) is 31.2 Å². The number of nitrogens with zero attached hydrogens (tertiary/aromatic N) is 1. The Morgan fingerprint density at radius 3 is 2.77 bits per heavy atom. The van der Waals surface area contributed by atoms with Crippen LogP contribution >= 0.6 is 0 Å². The molecule has 0 bridgehead atoms.